The standard InChI is InChI=1S/C13H14N4O/c1-10-7-12-13(18)15-16(9-17(12)14-10)8-11-5-3-2-4-6-11/h2-7H,8-9H2,1H3,(H,15,18). The molecule has 0 atom stereocenters. The third-order valence-electron chi connectivity index (χ3n) is 2.92. The molecule has 1 aromatic heterocycles. The zero-order chi connectivity index (χ0) is 12.5. The van der Waals surface area contributed by atoms with Crippen LogP contribution in [-0.2, 0) is 13.2 Å². The molecule has 2 aromatic rings. The Bertz CT molecular complexity index is 576. The number of aromatic nitrogens is 2. The summed E-state index contributed by atoms with van der Waals surface area (Å²) in [5.74, 6) is -0.0993. The van der Waals surface area contributed by atoms with E-state index < -0.39 is 0 Å². The number of nitrogens with zero attached hydrogens (tertiary/aromatic N) is 3. The number of amides is 1. The number of benzene rings is 1. The summed E-state index contributed by atoms with van der Waals surface area (Å²) >= 11 is 0. The molecule has 5 heteroatoms. The van der Waals surface area contributed by atoms with E-state index >= 15 is 0 Å². The van der Waals surface area contributed by atoms with Gasteiger partial charge in [0.2, 0.25) is 0 Å². The number of hydrogen-bond acceptors (Lipinski definition) is 3. The Balaban J connectivity index is 1.80. The molecule has 1 aromatic carbocycles. The third-order valence-corrected chi connectivity index (χ3v) is 2.92. The lowest BCUT2D eigenvalue weighted by atomic mass is 10.2. The predicted octanol–water partition coefficient (Wildman–Crippen LogP) is 1.31. The number of carbonyl (C=O) groups is 1. The first-order chi connectivity index (χ1) is 8.72. The van der Waals surface area contributed by atoms with Crippen molar-refractivity contribution in [2.24, 2.45) is 0 Å². The topological polar surface area (TPSA) is 50.2 Å². The summed E-state index contributed by atoms with van der Waals surface area (Å²) in [6, 6.07) is 11.8. The molecule has 5 nitrogen and oxygen atoms in total. The summed E-state index contributed by atoms with van der Waals surface area (Å²) in [6.45, 7) is 3.13. The van der Waals surface area contributed by atoms with Gasteiger partial charge >= 0.3 is 0 Å². The number of nitrogens with one attached hydrogen (secondary N) is 1. The highest BCUT2D eigenvalue weighted by Gasteiger charge is 2.23. The van der Waals surface area contributed by atoms with Crippen molar-refractivity contribution in [2.75, 3.05) is 0 Å². The monoisotopic (exact) mass is 242 g/mol. The molecule has 1 aliphatic heterocycles. The molecule has 0 unspecified atom stereocenters. The van der Waals surface area contributed by atoms with Gasteiger partial charge in [-0.3, -0.25) is 10.2 Å². The van der Waals surface area contributed by atoms with Crippen LogP contribution in [0.5, 0.6) is 0 Å². The highest BCUT2D eigenvalue weighted by Crippen LogP contribution is 2.12. The minimum Gasteiger partial charge on any atom is -0.281 e. The van der Waals surface area contributed by atoms with Gasteiger partial charge in [0.05, 0.1) is 5.69 Å². The zero-order valence-electron chi connectivity index (χ0n) is 10.1. The average Bonchev–Trinajstić information content (AvgIpc) is 2.72. The second kappa shape index (κ2) is 4.27. The van der Waals surface area contributed by atoms with Gasteiger partial charge in [0, 0.05) is 6.54 Å². The highest BCUT2D eigenvalue weighted by molar-refractivity contribution is 5.92. The van der Waals surface area contributed by atoms with Gasteiger partial charge in [-0.05, 0) is 18.6 Å². The summed E-state index contributed by atoms with van der Waals surface area (Å²) in [5, 5.41) is 6.17. The molecule has 0 spiro atoms. The van der Waals surface area contributed by atoms with Crippen molar-refractivity contribution >= 4 is 5.91 Å². The molecule has 0 aliphatic carbocycles. The van der Waals surface area contributed by atoms with Gasteiger partial charge in [-0.15, -0.1) is 0 Å². The number of aryl methyl sites for hydroxylation is 1. The van der Waals surface area contributed by atoms with Crippen LogP contribution < -0.4 is 5.43 Å². The maximum absolute atomic E-state index is 11.9. The van der Waals surface area contributed by atoms with E-state index in [1.165, 1.54) is 0 Å². The summed E-state index contributed by atoms with van der Waals surface area (Å²) in [5.41, 5.74) is 5.51. The van der Waals surface area contributed by atoms with E-state index in [0.717, 1.165) is 11.3 Å². The molecule has 0 radical (unpaired) electrons. The Morgan fingerprint density at radius 1 is 1.33 bits per heavy atom. The molecule has 3 rings (SSSR count). The molecule has 2 heterocycles. The zero-order valence-corrected chi connectivity index (χ0v) is 10.1. The molecular formula is C13H14N4O. The fourth-order valence-corrected chi connectivity index (χ4v) is 2.13. The van der Waals surface area contributed by atoms with Gasteiger partial charge in [0.25, 0.3) is 5.91 Å². The number of rotatable bonds is 2. The minimum absolute atomic E-state index is 0.0993. The molecule has 92 valence electrons. The second-order valence-electron chi connectivity index (χ2n) is 4.44. The lowest BCUT2D eigenvalue weighted by Crippen LogP contribution is -2.48. The van der Waals surface area contributed by atoms with Gasteiger partial charge in [0.15, 0.2) is 0 Å². The van der Waals surface area contributed by atoms with Gasteiger partial charge in [-0.1, -0.05) is 30.3 Å². The Morgan fingerprint density at radius 2 is 2.11 bits per heavy atom. The Labute approximate surface area is 105 Å². The predicted molar refractivity (Wildman–Crippen MR) is 66.4 cm³/mol. The lowest BCUT2D eigenvalue weighted by molar-refractivity contribution is 0.0567. The first-order valence-electron chi connectivity index (χ1n) is 5.87. The molecule has 0 saturated carbocycles. The van der Waals surface area contributed by atoms with Gasteiger partial charge in [0.1, 0.15) is 12.4 Å². The number of fused-ring (bicyclic) bond motifs is 1. The molecule has 0 bridgehead atoms. The smallest absolute Gasteiger partial charge is 0.281 e. The Kier molecular flexibility index (Phi) is 2.60. The van der Waals surface area contributed by atoms with Crippen LogP contribution >= 0.6 is 0 Å². The molecule has 18 heavy (non-hydrogen) atoms. The van der Waals surface area contributed by atoms with Gasteiger partial charge < -0.3 is 0 Å². The molecular weight excluding hydrogens is 228 g/mol. The van der Waals surface area contributed by atoms with E-state index in [0.29, 0.717) is 18.9 Å². The van der Waals surface area contributed by atoms with Crippen molar-refractivity contribution in [1.29, 1.82) is 0 Å². The quantitative estimate of drug-likeness (QED) is 0.863. The Hall–Kier alpha value is -2.14. The van der Waals surface area contributed by atoms with Crippen LogP contribution in [0.2, 0.25) is 0 Å². The maximum atomic E-state index is 11.9. The van der Waals surface area contributed by atoms with Crippen LogP contribution in [0.15, 0.2) is 36.4 Å². The molecule has 1 aliphatic rings. The van der Waals surface area contributed by atoms with Crippen molar-refractivity contribution in [2.45, 2.75) is 20.1 Å². The first kappa shape index (κ1) is 11.0. The van der Waals surface area contributed by atoms with Crippen LogP contribution in [0, 0.1) is 6.92 Å². The summed E-state index contributed by atoms with van der Waals surface area (Å²) in [7, 11) is 0. The highest BCUT2D eigenvalue weighted by atomic mass is 16.2. The van der Waals surface area contributed by atoms with E-state index in [4.69, 9.17) is 0 Å². The van der Waals surface area contributed by atoms with E-state index in [1.807, 2.05) is 42.3 Å². The largest absolute Gasteiger partial charge is 0.283 e. The van der Waals surface area contributed by atoms with Gasteiger partial charge in [-0.2, -0.15) is 10.1 Å². The van der Waals surface area contributed by atoms with Crippen molar-refractivity contribution in [3.05, 3.63) is 53.3 Å². The Morgan fingerprint density at radius 3 is 2.89 bits per heavy atom. The maximum Gasteiger partial charge on any atom is 0.283 e. The summed E-state index contributed by atoms with van der Waals surface area (Å²) in [4.78, 5) is 11.9. The number of hydrazine groups is 1. The van der Waals surface area contributed by atoms with Crippen molar-refractivity contribution in [3.8, 4) is 0 Å². The molecule has 0 saturated heterocycles. The van der Waals surface area contributed by atoms with Crippen molar-refractivity contribution in [1.82, 2.24) is 20.2 Å². The molecule has 0 fully saturated rings. The minimum atomic E-state index is -0.0993. The average molecular weight is 242 g/mol. The fourth-order valence-electron chi connectivity index (χ4n) is 2.13. The SMILES string of the molecule is Cc1cc2n(n1)CN(Cc1ccccc1)NC2=O. The second-order valence-corrected chi connectivity index (χ2v) is 4.44. The first-order valence-corrected chi connectivity index (χ1v) is 5.87. The van der Waals surface area contributed by atoms with E-state index in [2.05, 4.69) is 10.5 Å². The normalized spacial score (nSPS) is 15.3. The van der Waals surface area contributed by atoms with Gasteiger partial charge in [-0.25, -0.2) is 4.68 Å². The van der Waals surface area contributed by atoms with Crippen LogP contribution in [0.3, 0.4) is 0 Å². The van der Waals surface area contributed by atoms with E-state index in [9.17, 15) is 4.79 Å². The molecule has 1 amide bonds. The summed E-state index contributed by atoms with van der Waals surface area (Å²) < 4.78 is 1.73. The number of hydrogen-bond donors (Lipinski definition) is 1. The van der Waals surface area contributed by atoms with Crippen LogP contribution in [0.25, 0.3) is 0 Å². The van der Waals surface area contributed by atoms with Crippen molar-refractivity contribution in [3.63, 3.8) is 0 Å². The fraction of sp³-hybridized carbons (Fsp3) is 0.231. The lowest BCUT2D eigenvalue weighted by Gasteiger charge is -2.27. The third kappa shape index (κ3) is 2.00. The van der Waals surface area contributed by atoms with Crippen LogP contribution in [0.4, 0.5) is 0 Å². The molecule has 1 N–H and O–H groups in total. The van der Waals surface area contributed by atoms with Crippen molar-refractivity contribution < 1.29 is 4.79 Å². The van der Waals surface area contributed by atoms with E-state index in [-0.39, 0.29) is 5.91 Å². The van der Waals surface area contributed by atoms with Crippen LogP contribution in [-0.4, -0.2) is 20.7 Å². The van der Waals surface area contributed by atoms with Crippen LogP contribution in [0.1, 0.15) is 21.7 Å². The number of carbonyl (C=O) groups excluding carboxylic acids is 1. The summed E-state index contributed by atoms with van der Waals surface area (Å²) in [6.07, 6.45) is 0. The van der Waals surface area contributed by atoms with E-state index in [1.54, 1.807) is 10.7 Å².